The van der Waals surface area contributed by atoms with Crippen molar-refractivity contribution >= 4 is 35.3 Å². The molecule has 0 aliphatic carbocycles. The number of carbonyl (C=O) groups excluding carboxylic acids is 4. The molecule has 0 radical (unpaired) electrons. The van der Waals surface area contributed by atoms with Crippen LogP contribution in [0.15, 0.2) is 30.4 Å². The number of fused-ring (bicyclic) bond motifs is 5. The smallest absolute Gasteiger partial charge is 0.236 e. The Bertz CT molecular complexity index is 884. The summed E-state index contributed by atoms with van der Waals surface area (Å²) in [7, 11) is 0. The molecule has 30 heavy (non-hydrogen) atoms. The van der Waals surface area contributed by atoms with Crippen molar-refractivity contribution < 1.29 is 23.9 Å². The van der Waals surface area contributed by atoms with Crippen LogP contribution in [0.1, 0.15) is 32.6 Å². The number of likely N-dealkylation sites (tertiary alicyclic amines) is 1. The van der Waals surface area contributed by atoms with E-state index in [0.717, 1.165) is 6.42 Å². The van der Waals surface area contributed by atoms with E-state index in [0.29, 0.717) is 37.4 Å². The first kappa shape index (κ1) is 20.2. The molecule has 9 nitrogen and oxygen atoms in total. The number of anilines is 2. The summed E-state index contributed by atoms with van der Waals surface area (Å²) < 4.78 is 5.62. The fourth-order valence-corrected chi connectivity index (χ4v) is 4.28. The van der Waals surface area contributed by atoms with Crippen LogP contribution in [0.5, 0.6) is 0 Å². The van der Waals surface area contributed by atoms with Crippen molar-refractivity contribution in [3.05, 3.63) is 30.4 Å². The van der Waals surface area contributed by atoms with Gasteiger partial charge in [-0.2, -0.15) is 0 Å². The van der Waals surface area contributed by atoms with E-state index in [1.807, 2.05) is 12.2 Å². The van der Waals surface area contributed by atoms with Crippen LogP contribution in [0.25, 0.3) is 0 Å². The lowest BCUT2D eigenvalue weighted by molar-refractivity contribution is -0.142. The molecule has 2 bridgehead atoms. The number of hydrogen-bond donors (Lipinski definition) is 2. The van der Waals surface area contributed by atoms with E-state index in [2.05, 4.69) is 15.6 Å². The molecule has 2 saturated heterocycles. The average molecular weight is 412 g/mol. The van der Waals surface area contributed by atoms with E-state index in [9.17, 15) is 19.2 Å². The summed E-state index contributed by atoms with van der Waals surface area (Å²) >= 11 is 0. The normalized spacial score (nSPS) is 26.2. The van der Waals surface area contributed by atoms with Gasteiger partial charge >= 0.3 is 0 Å². The first-order valence-electron chi connectivity index (χ1n) is 10.2. The number of rotatable bonds is 8. The van der Waals surface area contributed by atoms with Crippen molar-refractivity contribution in [2.45, 2.75) is 44.8 Å². The zero-order valence-corrected chi connectivity index (χ0v) is 16.7. The van der Waals surface area contributed by atoms with Gasteiger partial charge < -0.3 is 15.4 Å². The maximum Gasteiger partial charge on any atom is 0.236 e. The van der Waals surface area contributed by atoms with E-state index in [1.165, 1.54) is 11.8 Å². The highest BCUT2D eigenvalue weighted by atomic mass is 16.5. The fraction of sp³-hybridized carbons (Fsp3) is 0.476. The molecule has 2 fully saturated rings. The van der Waals surface area contributed by atoms with E-state index in [1.54, 1.807) is 18.2 Å². The van der Waals surface area contributed by atoms with Gasteiger partial charge in [0.05, 0.1) is 24.0 Å². The topological polar surface area (TPSA) is 118 Å². The van der Waals surface area contributed by atoms with Gasteiger partial charge in [0, 0.05) is 19.9 Å². The zero-order valence-electron chi connectivity index (χ0n) is 16.7. The molecule has 9 heteroatoms. The molecule has 0 unspecified atom stereocenters. The summed E-state index contributed by atoms with van der Waals surface area (Å²) in [5, 5.41) is 5.27. The molecule has 2 N–H and O–H groups in total. The summed E-state index contributed by atoms with van der Waals surface area (Å²) in [5.74, 6) is -0.658. The van der Waals surface area contributed by atoms with E-state index < -0.39 is 0 Å². The summed E-state index contributed by atoms with van der Waals surface area (Å²) in [6.45, 7) is 1.77. The molecule has 4 heterocycles. The number of hydrogen-bond acceptors (Lipinski definition) is 6. The van der Waals surface area contributed by atoms with Crippen molar-refractivity contribution in [3.63, 3.8) is 0 Å². The second kappa shape index (κ2) is 8.35. The highest BCUT2D eigenvalue weighted by Gasteiger charge is 2.60. The largest absolute Gasteiger partial charge is 0.365 e. The van der Waals surface area contributed by atoms with E-state index in [-0.39, 0.29) is 47.7 Å². The summed E-state index contributed by atoms with van der Waals surface area (Å²) in [6, 6.07) is 4.98. The monoisotopic (exact) mass is 412 g/mol. The van der Waals surface area contributed by atoms with Crippen LogP contribution in [0.3, 0.4) is 0 Å². The quantitative estimate of drug-likeness (QED) is 0.379. The summed E-state index contributed by atoms with van der Waals surface area (Å²) in [6.07, 6.45) is 5.55. The predicted octanol–water partition coefficient (Wildman–Crippen LogP) is 1.48. The number of nitrogens with one attached hydrogen (secondary N) is 2. The average Bonchev–Trinajstić information content (AvgIpc) is 3.37. The maximum atomic E-state index is 12.6. The van der Waals surface area contributed by atoms with Gasteiger partial charge in [-0.15, -0.1) is 0 Å². The third kappa shape index (κ3) is 3.97. The van der Waals surface area contributed by atoms with Crippen LogP contribution in [-0.4, -0.2) is 52.3 Å². The zero-order chi connectivity index (χ0) is 21.3. The number of carbonyl (C=O) groups is 4. The van der Waals surface area contributed by atoms with E-state index >= 15 is 0 Å². The van der Waals surface area contributed by atoms with Crippen molar-refractivity contribution in [2.75, 3.05) is 17.2 Å². The second-order valence-corrected chi connectivity index (χ2v) is 7.78. The SMILES string of the molecule is CC(=O)Nc1cccc(NC(=O)CCCCCN2C(=O)[C@@H]3[C@H](C2=O)[C@H]2C=C[C@@H]3O2)n1. The van der Waals surface area contributed by atoms with Crippen LogP contribution in [0.2, 0.25) is 0 Å². The van der Waals surface area contributed by atoms with Crippen molar-refractivity contribution in [3.8, 4) is 0 Å². The molecule has 0 aromatic carbocycles. The standard InChI is InChI=1S/C21H24N4O5/c1-12(26)22-15-6-5-7-16(23-15)24-17(27)8-3-2-4-11-25-20(28)18-13-9-10-14(30-13)19(18)21(25)29/h5-7,9-10,13-14,18-19H,2-4,8,11H2,1H3,(H2,22,23,24,26,27)/t13-,14+,18-,19+. The number of ether oxygens (including phenoxy) is 1. The number of imide groups is 1. The first-order chi connectivity index (χ1) is 14.4. The van der Waals surface area contributed by atoms with Gasteiger partial charge in [0.1, 0.15) is 11.6 Å². The Kier molecular flexibility index (Phi) is 5.63. The molecular weight excluding hydrogens is 388 g/mol. The minimum Gasteiger partial charge on any atom is -0.365 e. The number of unbranched alkanes of at least 4 members (excludes halogenated alkanes) is 2. The Balaban J connectivity index is 1.17. The molecule has 1 aromatic rings. The first-order valence-corrected chi connectivity index (χ1v) is 10.2. The van der Waals surface area contributed by atoms with Crippen molar-refractivity contribution in [1.29, 1.82) is 0 Å². The minimum atomic E-state index is -0.362. The summed E-state index contributed by atoms with van der Waals surface area (Å²) in [4.78, 5) is 53.8. The van der Waals surface area contributed by atoms with Gasteiger partial charge in [-0.25, -0.2) is 4.98 Å². The van der Waals surface area contributed by atoms with Gasteiger partial charge in [0.2, 0.25) is 23.6 Å². The number of aromatic nitrogens is 1. The molecular formula is C21H24N4O5. The molecule has 3 aliphatic heterocycles. The molecule has 0 saturated carbocycles. The van der Waals surface area contributed by atoms with Crippen molar-refractivity contribution in [2.24, 2.45) is 11.8 Å². The lowest BCUT2D eigenvalue weighted by Gasteiger charge is -2.17. The second-order valence-electron chi connectivity index (χ2n) is 7.78. The van der Waals surface area contributed by atoms with Crippen LogP contribution in [0, 0.1) is 11.8 Å². The van der Waals surface area contributed by atoms with Gasteiger partial charge in [0.15, 0.2) is 0 Å². The molecule has 4 atom stereocenters. The van der Waals surface area contributed by atoms with Crippen LogP contribution >= 0.6 is 0 Å². The third-order valence-corrected chi connectivity index (χ3v) is 5.61. The molecule has 158 valence electrons. The van der Waals surface area contributed by atoms with Gasteiger partial charge in [-0.1, -0.05) is 24.6 Å². The van der Waals surface area contributed by atoms with Crippen LogP contribution in [0.4, 0.5) is 11.6 Å². The number of amides is 4. The third-order valence-electron chi connectivity index (χ3n) is 5.61. The predicted molar refractivity (Wildman–Crippen MR) is 107 cm³/mol. The highest BCUT2D eigenvalue weighted by Crippen LogP contribution is 2.45. The maximum absolute atomic E-state index is 12.6. The minimum absolute atomic E-state index is 0.135. The lowest BCUT2D eigenvalue weighted by Crippen LogP contribution is -2.35. The highest BCUT2D eigenvalue weighted by molar-refractivity contribution is 6.06. The molecule has 4 rings (SSSR count). The van der Waals surface area contributed by atoms with Gasteiger partial charge in [0.25, 0.3) is 0 Å². The Morgan fingerprint density at radius 2 is 1.63 bits per heavy atom. The molecule has 0 spiro atoms. The van der Waals surface area contributed by atoms with Gasteiger partial charge in [-0.05, 0) is 25.0 Å². The summed E-state index contributed by atoms with van der Waals surface area (Å²) in [5.41, 5.74) is 0. The van der Waals surface area contributed by atoms with Crippen LogP contribution in [-0.2, 0) is 23.9 Å². The van der Waals surface area contributed by atoms with Crippen LogP contribution < -0.4 is 10.6 Å². The Labute approximate surface area is 173 Å². The number of nitrogens with zero attached hydrogens (tertiary/aromatic N) is 2. The Hall–Kier alpha value is -3.07. The number of pyridine rings is 1. The van der Waals surface area contributed by atoms with Gasteiger partial charge in [-0.3, -0.25) is 24.1 Å². The fourth-order valence-electron chi connectivity index (χ4n) is 4.28. The van der Waals surface area contributed by atoms with E-state index in [4.69, 9.17) is 4.74 Å². The molecule has 3 aliphatic rings. The molecule has 1 aromatic heterocycles. The Morgan fingerprint density at radius 1 is 1.00 bits per heavy atom. The molecule has 4 amide bonds. The Morgan fingerprint density at radius 3 is 2.27 bits per heavy atom. The lowest BCUT2D eigenvalue weighted by atomic mass is 9.85. The van der Waals surface area contributed by atoms with Crippen molar-refractivity contribution in [1.82, 2.24) is 9.88 Å².